The zero-order valence-corrected chi connectivity index (χ0v) is 11.7. The van der Waals surface area contributed by atoms with E-state index in [2.05, 4.69) is 65.0 Å². The van der Waals surface area contributed by atoms with E-state index in [1.54, 1.807) is 11.3 Å². The summed E-state index contributed by atoms with van der Waals surface area (Å²) in [7, 11) is 4.23. The number of thiazole rings is 1. The lowest BCUT2D eigenvalue weighted by Crippen LogP contribution is -2.30. The van der Waals surface area contributed by atoms with E-state index in [-0.39, 0.29) is 0 Å². The van der Waals surface area contributed by atoms with Gasteiger partial charge in [0.2, 0.25) is 0 Å². The van der Waals surface area contributed by atoms with Crippen LogP contribution in [-0.4, -0.2) is 30.5 Å². The zero-order chi connectivity index (χ0) is 12.8. The number of nitrogens with zero attached hydrogens (tertiary/aromatic N) is 2. The van der Waals surface area contributed by atoms with Crippen LogP contribution >= 0.6 is 11.3 Å². The van der Waals surface area contributed by atoms with E-state index in [0.29, 0.717) is 6.04 Å². The van der Waals surface area contributed by atoms with Crippen molar-refractivity contribution in [2.24, 2.45) is 0 Å². The highest BCUT2D eigenvalue weighted by Gasteiger charge is 2.12. The average molecular weight is 261 g/mol. The van der Waals surface area contributed by atoms with Crippen molar-refractivity contribution < 1.29 is 0 Å². The Bertz CT molecular complexity index is 439. The second kappa shape index (κ2) is 6.64. The molecule has 0 saturated carbocycles. The molecular formula is C14H19N3S. The minimum Gasteiger partial charge on any atom is -0.309 e. The summed E-state index contributed by atoms with van der Waals surface area (Å²) in [6.45, 7) is 1.76. The van der Waals surface area contributed by atoms with Gasteiger partial charge in [-0.2, -0.15) is 0 Å². The molecule has 1 unspecified atom stereocenters. The summed E-state index contributed by atoms with van der Waals surface area (Å²) in [5.74, 6) is 0. The van der Waals surface area contributed by atoms with Crippen LogP contribution in [-0.2, 0) is 6.54 Å². The number of benzene rings is 1. The van der Waals surface area contributed by atoms with Crippen LogP contribution in [0.2, 0.25) is 0 Å². The Morgan fingerprint density at radius 3 is 2.67 bits per heavy atom. The molecule has 1 heterocycles. The average Bonchev–Trinajstić information content (AvgIpc) is 2.88. The summed E-state index contributed by atoms with van der Waals surface area (Å²) in [6.07, 6.45) is 0. The molecule has 0 bridgehead atoms. The van der Waals surface area contributed by atoms with Gasteiger partial charge in [-0.1, -0.05) is 30.3 Å². The number of hydrogen-bond acceptors (Lipinski definition) is 4. The largest absolute Gasteiger partial charge is 0.309 e. The molecule has 18 heavy (non-hydrogen) atoms. The predicted octanol–water partition coefficient (Wildman–Crippen LogP) is 2.54. The van der Waals surface area contributed by atoms with Gasteiger partial charge >= 0.3 is 0 Å². The molecule has 0 radical (unpaired) electrons. The van der Waals surface area contributed by atoms with E-state index in [1.807, 2.05) is 5.51 Å². The van der Waals surface area contributed by atoms with E-state index in [0.717, 1.165) is 18.8 Å². The number of likely N-dealkylation sites (N-methyl/N-ethyl adjacent to an activating group) is 1. The van der Waals surface area contributed by atoms with Gasteiger partial charge in [0.25, 0.3) is 0 Å². The van der Waals surface area contributed by atoms with Crippen LogP contribution in [0.3, 0.4) is 0 Å². The molecule has 96 valence electrons. The summed E-state index contributed by atoms with van der Waals surface area (Å²) in [5, 5.41) is 5.55. The maximum Gasteiger partial charge on any atom is 0.0795 e. The SMILES string of the molecule is CN(C)C(CNCc1cscn1)c1ccccc1. The molecule has 1 aromatic heterocycles. The second-order valence-corrected chi connectivity index (χ2v) is 5.22. The summed E-state index contributed by atoms with van der Waals surface area (Å²) in [4.78, 5) is 6.51. The first kappa shape index (κ1) is 13.2. The van der Waals surface area contributed by atoms with Gasteiger partial charge in [0, 0.05) is 24.5 Å². The van der Waals surface area contributed by atoms with Crippen LogP contribution < -0.4 is 5.32 Å². The minimum absolute atomic E-state index is 0.393. The zero-order valence-electron chi connectivity index (χ0n) is 10.8. The van der Waals surface area contributed by atoms with Gasteiger partial charge in [0.15, 0.2) is 0 Å². The lowest BCUT2D eigenvalue weighted by Gasteiger charge is -2.25. The van der Waals surface area contributed by atoms with Crippen LogP contribution in [0.1, 0.15) is 17.3 Å². The Morgan fingerprint density at radius 1 is 1.28 bits per heavy atom. The van der Waals surface area contributed by atoms with Gasteiger partial charge in [0.05, 0.1) is 11.2 Å². The predicted molar refractivity (Wildman–Crippen MR) is 76.7 cm³/mol. The van der Waals surface area contributed by atoms with Crippen molar-refractivity contribution in [1.82, 2.24) is 15.2 Å². The van der Waals surface area contributed by atoms with Crippen molar-refractivity contribution >= 4 is 11.3 Å². The van der Waals surface area contributed by atoms with Crippen molar-refractivity contribution in [3.8, 4) is 0 Å². The van der Waals surface area contributed by atoms with E-state index in [1.165, 1.54) is 5.56 Å². The van der Waals surface area contributed by atoms with Crippen molar-refractivity contribution in [2.75, 3.05) is 20.6 Å². The van der Waals surface area contributed by atoms with Gasteiger partial charge in [0.1, 0.15) is 0 Å². The van der Waals surface area contributed by atoms with Crippen LogP contribution in [0.5, 0.6) is 0 Å². The molecule has 1 atom stereocenters. The Kier molecular flexibility index (Phi) is 4.87. The highest BCUT2D eigenvalue weighted by Crippen LogP contribution is 2.16. The molecule has 0 aliphatic carbocycles. The fourth-order valence-electron chi connectivity index (χ4n) is 1.94. The van der Waals surface area contributed by atoms with Crippen molar-refractivity contribution in [1.29, 1.82) is 0 Å². The Balaban J connectivity index is 1.91. The molecular weight excluding hydrogens is 242 g/mol. The van der Waals surface area contributed by atoms with Gasteiger partial charge in [-0.25, -0.2) is 4.98 Å². The smallest absolute Gasteiger partial charge is 0.0795 e. The highest BCUT2D eigenvalue weighted by molar-refractivity contribution is 7.07. The van der Waals surface area contributed by atoms with Crippen molar-refractivity contribution in [3.05, 3.63) is 52.5 Å². The first-order valence-corrected chi connectivity index (χ1v) is 7.01. The van der Waals surface area contributed by atoms with Crippen LogP contribution in [0.15, 0.2) is 41.2 Å². The Morgan fingerprint density at radius 2 is 2.06 bits per heavy atom. The second-order valence-electron chi connectivity index (χ2n) is 4.50. The molecule has 0 spiro atoms. The monoisotopic (exact) mass is 261 g/mol. The summed E-state index contributed by atoms with van der Waals surface area (Å²) < 4.78 is 0. The molecule has 1 aromatic carbocycles. The maximum absolute atomic E-state index is 4.27. The molecule has 2 aromatic rings. The van der Waals surface area contributed by atoms with Crippen LogP contribution in [0.25, 0.3) is 0 Å². The molecule has 0 aliphatic rings. The lowest BCUT2D eigenvalue weighted by molar-refractivity contribution is 0.288. The first-order chi connectivity index (χ1) is 8.77. The number of nitrogens with one attached hydrogen (secondary N) is 1. The number of aromatic nitrogens is 1. The first-order valence-electron chi connectivity index (χ1n) is 6.06. The van der Waals surface area contributed by atoms with E-state index >= 15 is 0 Å². The molecule has 2 rings (SSSR count). The quantitative estimate of drug-likeness (QED) is 0.866. The molecule has 0 amide bonds. The number of rotatable bonds is 6. The Labute approximate surface area is 112 Å². The van der Waals surface area contributed by atoms with Crippen LogP contribution in [0, 0.1) is 0 Å². The molecule has 4 heteroatoms. The standard InChI is InChI=1S/C14H19N3S/c1-17(2)14(12-6-4-3-5-7-12)9-15-8-13-10-18-11-16-13/h3-7,10-11,14-15H,8-9H2,1-2H3. The Hall–Kier alpha value is -1.23. The van der Waals surface area contributed by atoms with Gasteiger partial charge < -0.3 is 10.2 Å². The maximum atomic E-state index is 4.27. The summed E-state index contributed by atoms with van der Waals surface area (Å²) in [5.41, 5.74) is 4.33. The molecule has 0 saturated heterocycles. The topological polar surface area (TPSA) is 28.2 Å². The molecule has 3 nitrogen and oxygen atoms in total. The molecule has 1 N–H and O–H groups in total. The third-order valence-corrected chi connectivity index (χ3v) is 3.57. The van der Waals surface area contributed by atoms with E-state index in [4.69, 9.17) is 0 Å². The van der Waals surface area contributed by atoms with E-state index < -0.39 is 0 Å². The van der Waals surface area contributed by atoms with Gasteiger partial charge in [-0.3, -0.25) is 0 Å². The molecule has 0 fully saturated rings. The van der Waals surface area contributed by atoms with Gasteiger partial charge in [-0.15, -0.1) is 11.3 Å². The molecule has 0 aliphatic heterocycles. The fourth-order valence-corrected chi connectivity index (χ4v) is 2.49. The highest BCUT2D eigenvalue weighted by atomic mass is 32.1. The minimum atomic E-state index is 0.393. The normalized spacial score (nSPS) is 12.8. The summed E-state index contributed by atoms with van der Waals surface area (Å²) in [6, 6.07) is 11.0. The van der Waals surface area contributed by atoms with Crippen LogP contribution in [0.4, 0.5) is 0 Å². The van der Waals surface area contributed by atoms with Crippen molar-refractivity contribution in [2.45, 2.75) is 12.6 Å². The number of hydrogen-bond donors (Lipinski definition) is 1. The third-order valence-electron chi connectivity index (χ3n) is 2.93. The van der Waals surface area contributed by atoms with E-state index in [9.17, 15) is 0 Å². The van der Waals surface area contributed by atoms with Gasteiger partial charge in [-0.05, 0) is 19.7 Å². The summed E-state index contributed by atoms with van der Waals surface area (Å²) >= 11 is 1.64. The lowest BCUT2D eigenvalue weighted by atomic mass is 10.1. The van der Waals surface area contributed by atoms with Crippen molar-refractivity contribution in [3.63, 3.8) is 0 Å². The fraction of sp³-hybridized carbons (Fsp3) is 0.357. The third kappa shape index (κ3) is 3.63.